The summed E-state index contributed by atoms with van der Waals surface area (Å²) in [6.45, 7) is 0. The third-order valence-electron chi connectivity index (χ3n) is 3.08. The summed E-state index contributed by atoms with van der Waals surface area (Å²) in [5, 5.41) is 0. The summed E-state index contributed by atoms with van der Waals surface area (Å²) in [6, 6.07) is 8.68. The molecular weight excluding hydrogens is 270 g/mol. The van der Waals surface area contributed by atoms with E-state index in [-0.39, 0.29) is 12.2 Å². The van der Waals surface area contributed by atoms with Crippen molar-refractivity contribution in [1.29, 1.82) is 0 Å². The van der Waals surface area contributed by atoms with Crippen molar-refractivity contribution in [2.45, 2.75) is 6.42 Å². The highest BCUT2D eigenvalue weighted by atomic mass is 16.5. The number of methoxy groups -OCH3 is 3. The Balaban J connectivity index is 2.15. The van der Waals surface area contributed by atoms with E-state index in [9.17, 15) is 4.79 Å². The average molecular weight is 287 g/mol. The van der Waals surface area contributed by atoms with E-state index in [0.29, 0.717) is 22.9 Å². The number of benzene rings is 1. The number of carbonyl (C=O) groups is 1. The highest BCUT2D eigenvalue weighted by Gasteiger charge is 2.11. The van der Waals surface area contributed by atoms with E-state index in [4.69, 9.17) is 14.2 Å². The minimum absolute atomic E-state index is 0.0112. The lowest BCUT2D eigenvalue weighted by Crippen LogP contribution is -2.05. The van der Waals surface area contributed by atoms with E-state index in [1.165, 1.54) is 0 Å². The maximum atomic E-state index is 12.3. The highest BCUT2D eigenvalue weighted by molar-refractivity contribution is 5.98. The fourth-order valence-electron chi connectivity index (χ4n) is 1.93. The fraction of sp³-hybridized carbons (Fsp3) is 0.250. The molecule has 0 spiro atoms. The smallest absolute Gasteiger partial charge is 0.212 e. The van der Waals surface area contributed by atoms with Crippen molar-refractivity contribution in [3.8, 4) is 17.4 Å². The van der Waals surface area contributed by atoms with Crippen LogP contribution in [0.4, 0.5) is 0 Å². The zero-order chi connectivity index (χ0) is 15.2. The number of Topliss-reactive ketones (excluding diaryl/α,β-unsaturated/α-hetero) is 1. The molecule has 0 atom stereocenters. The number of nitrogens with zero attached hydrogens (tertiary/aromatic N) is 1. The first-order chi connectivity index (χ1) is 10.2. The third kappa shape index (κ3) is 3.51. The van der Waals surface area contributed by atoms with Gasteiger partial charge in [0.1, 0.15) is 0 Å². The van der Waals surface area contributed by atoms with Crippen molar-refractivity contribution in [2.24, 2.45) is 0 Å². The van der Waals surface area contributed by atoms with Gasteiger partial charge >= 0.3 is 0 Å². The van der Waals surface area contributed by atoms with Crippen LogP contribution < -0.4 is 14.2 Å². The first kappa shape index (κ1) is 14.8. The lowest BCUT2D eigenvalue weighted by atomic mass is 10.0. The van der Waals surface area contributed by atoms with Crippen LogP contribution in [-0.4, -0.2) is 32.1 Å². The predicted molar refractivity (Wildman–Crippen MR) is 78.4 cm³/mol. The molecule has 0 aliphatic carbocycles. The van der Waals surface area contributed by atoms with Crippen molar-refractivity contribution in [3.63, 3.8) is 0 Å². The molecule has 110 valence electrons. The van der Waals surface area contributed by atoms with Gasteiger partial charge in [0.05, 0.1) is 21.3 Å². The van der Waals surface area contributed by atoms with Crippen LogP contribution in [0.25, 0.3) is 0 Å². The van der Waals surface area contributed by atoms with E-state index >= 15 is 0 Å². The number of hydrogen-bond acceptors (Lipinski definition) is 5. The molecule has 0 saturated heterocycles. The molecule has 0 saturated carbocycles. The number of rotatable bonds is 6. The van der Waals surface area contributed by atoms with E-state index in [2.05, 4.69) is 4.98 Å². The highest BCUT2D eigenvalue weighted by Crippen LogP contribution is 2.28. The third-order valence-corrected chi connectivity index (χ3v) is 3.08. The molecular formula is C16H17NO4. The molecule has 1 aromatic carbocycles. The summed E-state index contributed by atoms with van der Waals surface area (Å²) in [4.78, 5) is 16.4. The summed E-state index contributed by atoms with van der Waals surface area (Å²) in [6.07, 6.45) is 1.91. The van der Waals surface area contributed by atoms with Gasteiger partial charge in [0, 0.05) is 24.2 Å². The average Bonchev–Trinajstić information content (AvgIpc) is 2.54. The van der Waals surface area contributed by atoms with Crippen LogP contribution in [0.15, 0.2) is 36.5 Å². The molecule has 21 heavy (non-hydrogen) atoms. The summed E-state index contributed by atoms with van der Waals surface area (Å²) >= 11 is 0. The van der Waals surface area contributed by atoms with Gasteiger partial charge in [0.15, 0.2) is 17.3 Å². The Labute approximate surface area is 123 Å². The molecule has 1 heterocycles. The second-order valence-electron chi connectivity index (χ2n) is 4.38. The maximum absolute atomic E-state index is 12.3. The number of ether oxygens (including phenoxy) is 3. The van der Waals surface area contributed by atoms with Gasteiger partial charge in [-0.3, -0.25) is 4.79 Å². The van der Waals surface area contributed by atoms with Crippen LogP contribution in [0, 0.1) is 0 Å². The lowest BCUT2D eigenvalue weighted by molar-refractivity contribution is 0.0992. The Kier molecular flexibility index (Phi) is 4.77. The van der Waals surface area contributed by atoms with E-state index in [1.807, 2.05) is 6.07 Å². The van der Waals surface area contributed by atoms with Crippen LogP contribution in [0.5, 0.6) is 17.4 Å². The summed E-state index contributed by atoms with van der Waals surface area (Å²) in [5.74, 6) is 1.65. The summed E-state index contributed by atoms with van der Waals surface area (Å²) in [7, 11) is 4.65. The monoisotopic (exact) mass is 287 g/mol. The molecule has 0 bridgehead atoms. The Hall–Kier alpha value is -2.56. The molecule has 1 aromatic heterocycles. The number of ketones is 1. The number of pyridine rings is 1. The molecule has 2 aromatic rings. The summed E-state index contributed by atoms with van der Waals surface area (Å²) < 4.78 is 15.3. The number of aromatic nitrogens is 1. The molecule has 5 nitrogen and oxygen atoms in total. The Morgan fingerprint density at radius 3 is 2.33 bits per heavy atom. The second kappa shape index (κ2) is 6.74. The van der Waals surface area contributed by atoms with Gasteiger partial charge in [0.2, 0.25) is 5.88 Å². The molecule has 0 radical (unpaired) electrons. The van der Waals surface area contributed by atoms with Gasteiger partial charge in [-0.15, -0.1) is 0 Å². The molecule has 0 N–H and O–H groups in total. The number of hydrogen-bond donors (Lipinski definition) is 0. The first-order valence-electron chi connectivity index (χ1n) is 6.42. The van der Waals surface area contributed by atoms with Crippen LogP contribution in [0.3, 0.4) is 0 Å². The van der Waals surface area contributed by atoms with Crippen molar-refractivity contribution in [1.82, 2.24) is 4.98 Å². The van der Waals surface area contributed by atoms with Crippen molar-refractivity contribution in [2.75, 3.05) is 21.3 Å². The second-order valence-corrected chi connectivity index (χ2v) is 4.38. The topological polar surface area (TPSA) is 57.7 Å². The van der Waals surface area contributed by atoms with Gasteiger partial charge in [-0.05, 0) is 23.8 Å². The number of carbonyl (C=O) groups excluding carboxylic acids is 1. The molecule has 0 unspecified atom stereocenters. The van der Waals surface area contributed by atoms with Gasteiger partial charge in [-0.25, -0.2) is 4.98 Å². The molecule has 0 aliphatic rings. The van der Waals surface area contributed by atoms with Gasteiger partial charge in [-0.1, -0.05) is 6.07 Å². The zero-order valence-electron chi connectivity index (χ0n) is 12.3. The fourth-order valence-corrected chi connectivity index (χ4v) is 1.93. The normalized spacial score (nSPS) is 10.0. The van der Waals surface area contributed by atoms with Gasteiger partial charge in [0.25, 0.3) is 0 Å². The Morgan fingerprint density at radius 1 is 1.00 bits per heavy atom. The molecule has 5 heteroatoms. The van der Waals surface area contributed by atoms with Gasteiger partial charge in [-0.2, -0.15) is 0 Å². The van der Waals surface area contributed by atoms with Crippen LogP contribution >= 0.6 is 0 Å². The predicted octanol–water partition coefficient (Wildman–Crippen LogP) is 2.53. The molecule has 0 fully saturated rings. The zero-order valence-corrected chi connectivity index (χ0v) is 12.3. The minimum atomic E-state index is -0.0112. The maximum Gasteiger partial charge on any atom is 0.212 e. The quantitative estimate of drug-likeness (QED) is 0.764. The van der Waals surface area contributed by atoms with Crippen LogP contribution in [-0.2, 0) is 6.42 Å². The first-order valence-corrected chi connectivity index (χ1v) is 6.42. The van der Waals surface area contributed by atoms with Crippen molar-refractivity contribution in [3.05, 3.63) is 47.7 Å². The largest absolute Gasteiger partial charge is 0.493 e. The van der Waals surface area contributed by atoms with Crippen LogP contribution in [0.2, 0.25) is 0 Å². The SMILES string of the molecule is COc1ccc(CC(=O)c2ccc(OC)c(OC)c2)cn1. The Morgan fingerprint density at radius 2 is 1.76 bits per heavy atom. The minimum Gasteiger partial charge on any atom is -0.493 e. The van der Waals surface area contributed by atoms with E-state index < -0.39 is 0 Å². The molecule has 0 amide bonds. The molecule has 0 aliphatic heterocycles. The lowest BCUT2D eigenvalue weighted by Gasteiger charge is -2.09. The van der Waals surface area contributed by atoms with Crippen molar-refractivity contribution < 1.29 is 19.0 Å². The van der Waals surface area contributed by atoms with Crippen molar-refractivity contribution >= 4 is 5.78 Å². The van der Waals surface area contributed by atoms with E-state index in [0.717, 1.165) is 5.56 Å². The summed E-state index contributed by atoms with van der Waals surface area (Å²) in [5.41, 5.74) is 1.40. The standard InChI is InChI=1S/C16H17NO4/c1-19-14-6-5-12(9-15(14)20-2)13(18)8-11-4-7-16(21-3)17-10-11/h4-7,9-10H,8H2,1-3H3. The van der Waals surface area contributed by atoms with Crippen LogP contribution in [0.1, 0.15) is 15.9 Å². The Bertz CT molecular complexity index is 623. The van der Waals surface area contributed by atoms with E-state index in [1.54, 1.807) is 51.8 Å². The van der Waals surface area contributed by atoms with Gasteiger partial charge < -0.3 is 14.2 Å². The molecule has 2 rings (SSSR count).